The molecule has 1 atom stereocenters. The maximum absolute atomic E-state index is 13.2. The summed E-state index contributed by atoms with van der Waals surface area (Å²) in [6.07, 6.45) is 0.779. The number of benzene rings is 1. The SMILES string of the molecule is CCCN1CC(=O)N(Cc2cc(F)cc(F)c2)[C@H](C)C1=O.O=CO. The van der Waals surface area contributed by atoms with Crippen LogP contribution >= 0.6 is 0 Å². The highest BCUT2D eigenvalue weighted by molar-refractivity contribution is 5.94. The van der Waals surface area contributed by atoms with Crippen molar-refractivity contribution in [3.8, 4) is 0 Å². The second kappa shape index (κ2) is 8.95. The molecule has 0 aromatic heterocycles. The lowest BCUT2D eigenvalue weighted by Crippen LogP contribution is -2.58. The molecule has 1 aromatic rings. The number of carbonyl (C=O) groups is 3. The molecule has 24 heavy (non-hydrogen) atoms. The molecule has 0 spiro atoms. The molecule has 2 amide bonds. The van der Waals surface area contributed by atoms with E-state index in [0.717, 1.165) is 12.5 Å². The number of piperazine rings is 1. The number of halogens is 2. The number of amides is 2. The molecular formula is C16H20F2N2O4. The fourth-order valence-corrected chi connectivity index (χ4v) is 2.53. The van der Waals surface area contributed by atoms with Gasteiger partial charge in [0.1, 0.15) is 17.7 Å². The van der Waals surface area contributed by atoms with Crippen LogP contribution in [0, 0.1) is 11.6 Å². The molecule has 1 saturated heterocycles. The molecule has 0 radical (unpaired) electrons. The highest BCUT2D eigenvalue weighted by atomic mass is 19.1. The highest BCUT2D eigenvalue weighted by Crippen LogP contribution is 2.18. The fourth-order valence-electron chi connectivity index (χ4n) is 2.53. The van der Waals surface area contributed by atoms with Gasteiger partial charge in [0.25, 0.3) is 6.47 Å². The predicted octanol–water partition coefficient (Wildman–Crippen LogP) is 1.63. The van der Waals surface area contributed by atoms with Crippen LogP contribution in [0.15, 0.2) is 18.2 Å². The van der Waals surface area contributed by atoms with Crippen LogP contribution in [0.3, 0.4) is 0 Å². The first-order valence-corrected chi connectivity index (χ1v) is 7.45. The summed E-state index contributed by atoms with van der Waals surface area (Å²) in [5.41, 5.74) is 0.337. The molecule has 8 heteroatoms. The Bertz CT molecular complexity index is 589. The summed E-state index contributed by atoms with van der Waals surface area (Å²) >= 11 is 0. The smallest absolute Gasteiger partial charge is 0.290 e. The molecule has 0 bridgehead atoms. The third-order valence-corrected chi connectivity index (χ3v) is 3.55. The van der Waals surface area contributed by atoms with Gasteiger partial charge in [-0.1, -0.05) is 6.92 Å². The molecule has 1 aliphatic heterocycles. The lowest BCUT2D eigenvalue weighted by atomic mass is 10.1. The Balaban J connectivity index is 0.000000891. The van der Waals surface area contributed by atoms with Crippen LogP contribution in [0.1, 0.15) is 25.8 Å². The Kier molecular flexibility index (Phi) is 7.29. The van der Waals surface area contributed by atoms with Gasteiger partial charge in [0, 0.05) is 19.2 Å². The first kappa shape index (κ1) is 19.5. The Hall–Kier alpha value is -2.51. The number of carboxylic acid groups (broad SMARTS) is 1. The van der Waals surface area contributed by atoms with E-state index < -0.39 is 17.7 Å². The summed E-state index contributed by atoms with van der Waals surface area (Å²) in [7, 11) is 0. The van der Waals surface area contributed by atoms with Crippen LogP contribution in [0.2, 0.25) is 0 Å². The van der Waals surface area contributed by atoms with Crippen LogP contribution < -0.4 is 0 Å². The van der Waals surface area contributed by atoms with E-state index in [9.17, 15) is 18.4 Å². The first-order valence-electron chi connectivity index (χ1n) is 7.45. The normalized spacial score (nSPS) is 17.4. The summed E-state index contributed by atoms with van der Waals surface area (Å²) in [5, 5.41) is 6.89. The number of rotatable bonds is 4. The van der Waals surface area contributed by atoms with Crippen molar-refractivity contribution in [2.45, 2.75) is 32.9 Å². The van der Waals surface area contributed by atoms with Gasteiger partial charge in [-0.25, -0.2) is 8.78 Å². The van der Waals surface area contributed by atoms with Crippen molar-refractivity contribution in [2.75, 3.05) is 13.1 Å². The van der Waals surface area contributed by atoms with Crippen molar-refractivity contribution < 1.29 is 28.3 Å². The molecular weight excluding hydrogens is 322 g/mol. The average molecular weight is 342 g/mol. The van der Waals surface area contributed by atoms with Crippen LogP contribution in [0.4, 0.5) is 8.78 Å². The summed E-state index contributed by atoms with van der Waals surface area (Å²) in [5.74, 6) is -1.73. The third kappa shape index (κ3) is 5.00. The van der Waals surface area contributed by atoms with Crippen LogP contribution in [0.5, 0.6) is 0 Å². The minimum absolute atomic E-state index is 0.0226. The van der Waals surface area contributed by atoms with Gasteiger partial charge in [-0.05, 0) is 31.0 Å². The summed E-state index contributed by atoms with van der Waals surface area (Å²) in [4.78, 5) is 35.6. The van der Waals surface area contributed by atoms with Crippen molar-refractivity contribution >= 4 is 18.3 Å². The molecule has 1 fully saturated rings. The quantitative estimate of drug-likeness (QED) is 0.844. The first-order chi connectivity index (χ1) is 11.3. The molecule has 1 aliphatic rings. The van der Waals surface area contributed by atoms with Crippen LogP contribution in [-0.4, -0.2) is 52.3 Å². The van der Waals surface area contributed by atoms with Crippen LogP contribution in [-0.2, 0) is 20.9 Å². The third-order valence-electron chi connectivity index (χ3n) is 3.55. The Morgan fingerprint density at radius 1 is 1.25 bits per heavy atom. The molecule has 0 saturated carbocycles. The Morgan fingerprint density at radius 3 is 2.29 bits per heavy atom. The Labute approximate surface area is 138 Å². The predicted molar refractivity (Wildman–Crippen MR) is 81.9 cm³/mol. The molecule has 1 N–H and O–H groups in total. The van der Waals surface area contributed by atoms with Gasteiger partial charge in [-0.2, -0.15) is 0 Å². The van der Waals surface area contributed by atoms with Gasteiger partial charge >= 0.3 is 0 Å². The zero-order valence-electron chi connectivity index (χ0n) is 13.5. The van der Waals surface area contributed by atoms with E-state index in [1.54, 1.807) is 6.92 Å². The molecule has 1 heterocycles. The zero-order chi connectivity index (χ0) is 18.3. The van der Waals surface area contributed by atoms with E-state index in [1.165, 1.54) is 21.9 Å². The summed E-state index contributed by atoms with van der Waals surface area (Å²) in [6.45, 7) is 3.91. The van der Waals surface area contributed by atoms with Gasteiger partial charge in [0.15, 0.2) is 0 Å². The van der Waals surface area contributed by atoms with Gasteiger partial charge in [0.2, 0.25) is 11.8 Å². The lowest BCUT2D eigenvalue weighted by molar-refractivity contribution is -0.155. The monoisotopic (exact) mass is 342 g/mol. The van der Waals surface area contributed by atoms with Crippen molar-refractivity contribution in [1.29, 1.82) is 0 Å². The summed E-state index contributed by atoms with van der Waals surface area (Å²) in [6, 6.07) is 2.50. The van der Waals surface area contributed by atoms with Crippen molar-refractivity contribution in [1.82, 2.24) is 9.80 Å². The van der Waals surface area contributed by atoms with Crippen molar-refractivity contribution in [3.63, 3.8) is 0 Å². The maximum atomic E-state index is 13.2. The second-order valence-electron chi connectivity index (χ2n) is 5.34. The van der Waals surface area contributed by atoms with E-state index >= 15 is 0 Å². The van der Waals surface area contributed by atoms with Gasteiger partial charge in [-0.3, -0.25) is 14.4 Å². The topological polar surface area (TPSA) is 77.9 Å². The minimum atomic E-state index is -0.693. The van der Waals surface area contributed by atoms with Gasteiger partial charge in [0.05, 0.1) is 6.54 Å². The van der Waals surface area contributed by atoms with Crippen molar-refractivity contribution in [2.24, 2.45) is 0 Å². The largest absolute Gasteiger partial charge is 0.483 e. The number of hydrogen-bond donors (Lipinski definition) is 1. The van der Waals surface area contributed by atoms with E-state index in [0.29, 0.717) is 12.1 Å². The van der Waals surface area contributed by atoms with E-state index in [-0.39, 0.29) is 31.4 Å². The fraction of sp³-hybridized carbons (Fsp3) is 0.438. The lowest BCUT2D eigenvalue weighted by Gasteiger charge is -2.38. The second-order valence-corrected chi connectivity index (χ2v) is 5.34. The van der Waals surface area contributed by atoms with Crippen LogP contribution in [0.25, 0.3) is 0 Å². The minimum Gasteiger partial charge on any atom is -0.483 e. The zero-order valence-corrected chi connectivity index (χ0v) is 13.5. The van der Waals surface area contributed by atoms with E-state index in [4.69, 9.17) is 9.90 Å². The highest BCUT2D eigenvalue weighted by Gasteiger charge is 2.35. The van der Waals surface area contributed by atoms with E-state index in [1.807, 2.05) is 6.92 Å². The molecule has 0 aliphatic carbocycles. The standard InChI is InChI=1S/C15H18F2N2O2.CH2O2/c1-3-4-18-9-14(20)19(10(2)15(18)21)8-11-5-12(16)7-13(17)6-11;2-1-3/h5-7,10H,3-4,8-9H2,1-2H3;1H,(H,2,3)/t10-;/m1./s1. The number of nitrogens with zero attached hydrogens (tertiary/aromatic N) is 2. The van der Waals surface area contributed by atoms with Gasteiger partial charge < -0.3 is 14.9 Å². The average Bonchev–Trinajstić information content (AvgIpc) is 2.49. The number of carbonyl (C=O) groups excluding carboxylic acids is 2. The molecule has 132 valence electrons. The maximum Gasteiger partial charge on any atom is 0.290 e. The molecule has 0 unspecified atom stereocenters. The summed E-state index contributed by atoms with van der Waals surface area (Å²) < 4.78 is 26.4. The molecule has 6 nitrogen and oxygen atoms in total. The van der Waals surface area contributed by atoms with E-state index in [2.05, 4.69) is 0 Å². The van der Waals surface area contributed by atoms with Crippen molar-refractivity contribution in [3.05, 3.63) is 35.4 Å². The Morgan fingerprint density at radius 2 is 1.79 bits per heavy atom. The number of hydrogen-bond acceptors (Lipinski definition) is 3. The molecule has 2 rings (SSSR count). The van der Waals surface area contributed by atoms with Gasteiger partial charge in [-0.15, -0.1) is 0 Å². The molecule has 1 aromatic carbocycles.